The van der Waals surface area contributed by atoms with E-state index in [1.165, 1.54) is 20.4 Å². The summed E-state index contributed by atoms with van der Waals surface area (Å²) in [5.41, 5.74) is 3.64. The van der Waals surface area contributed by atoms with Gasteiger partial charge in [0.15, 0.2) is 11.5 Å². The zero-order chi connectivity index (χ0) is 19.8. The number of halogens is 1. The summed E-state index contributed by atoms with van der Waals surface area (Å²) < 4.78 is 22.2. The molecule has 0 spiro atoms. The van der Waals surface area contributed by atoms with E-state index in [9.17, 15) is 4.79 Å². The monoisotopic (exact) mass is 484 g/mol. The third kappa shape index (κ3) is 5.49. The lowest BCUT2D eigenvalue weighted by Crippen LogP contribution is -2.17. The predicted octanol–water partition coefficient (Wildman–Crippen LogP) is 3.48. The van der Waals surface area contributed by atoms with Gasteiger partial charge in [-0.05, 0) is 59.3 Å². The fourth-order valence-electron chi connectivity index (χ4n) is 2.27. The maximum atomic E-state index is 12.3. The lowest BCUT2D eigenvalue weighted by molar-refractivity contribution is 0.0954. The van der Waals surface area contributed by atoms with Crippen LogP contribution in [0.2, 0.25) is 0 Å². The van der Waals surface area contributed by atoms with Gasteiger partial charge in [-0.3, -0.25) is 4.79 Å². The van der Waals surface area contributed by atoms with Crippen LogP contribution in [0.3, 0.4) is 0 Å². The normalized spacial score (nSPS) is 10.6. The maximum Gasteiger partial charge on any atom is 0.271 e. The van der Waals surface area contributed by atoms with Gasteiger partial charge in [-0.25, -0.2) is 5.43 Å². The van der Waals surface area contributed by atoms with E-state index in [0.29, 0.717) is 35.2 Å². The number of nitrogens with zero attached hydrogens (tertiary/aromatic N) is 1. The maximum absolute atomic E-state index is 12.3. The number of hydrogen-bond donors (Lipinski definition) is 1. The van der Waals surface area contributed by atoms with Crippen molar-refractivity contribution in [1.29, 1.82) is 0 Å². The van der Waals surface area contributed by atoms with Crippen LogP contribution in [-0.4, -0.2) is 40.1 Å². The molecule has 1 N–H and O–H groups in total. The number of ether oxygens (including phenoxy) is 4. The highest BCUT2D eigenvalue weighted by atomic mass is 127. The Morgan fingerprint density at radius 2 is 1.74 bits per heavy atom. The second-order valence-electron chi connectivity index (χ2n) is 5.27. The van der Waals surface area contributed by atoms with E-state index in [1.54, 1.807) is 31.4 Å². The first-order chi connectivity index (χ1) is 13.0. The first kappa shape index (κ1) is 20.8. The molecule has 0 saturated heterocycles. The largest absolute Gasteiger partial charge is 0.497 e. The van der Waals surface area contributed by atoms with Crippen LogP contribution in [0.15, 0.2) is 35.4 Å². The molecule has 0 aromatic heterocycles. The van der Waals surface area contributed by atoms with Gasteiger partial charge in [0.25, 0.3) is 5.91 Å². The Hall–Kier alpha value is -2.49. The Balaban J connectivity index is 2.15. The highest BCUT2D eigenvalue weighted by Crippen LogP contribution is 2.33. The lowest BCUT2D eigenvalue weighted by Gasteiger charge is -2.12. The summed E-state index contributed by atoms with van der Waals surface area (Å²) in [7, 11) is 4.62. The molecule has 0 saturated carbocycles. The third-order valence-corrected chi connectivity index (χ3v) is 4.34. The first-order valence-corrected chi connectivity index (χ1v) is 9.17. The van der Waals surface area contributed by atoms with Gasteiger partial charge < -0.3 is 18.9 Å². The number of hydrazone groups is 1. The molecule has 2 aromatic carbocycles. The van der Waals surface area contributed by atoms with E-state index in [4.69, 9.17) is 18.9 Å². The minimum atomic E-state index is -0.379. The van der Waals surface area contributed by atoms with Crippen molar-refractivity contribution in [3.8, 4) is 23.0 Å². The molecular formula is C19H21IN2O5. The van der Waals surface area contributed by atoms with Crippen LogP contribution in [0.1, 0.15) is 22.8 Å². The second-order valence-corrected chi connectivity index (χ2v) is 6.43. The molecule has 27 heavy (non-hydrogen) atoms. The molecule has 0 radical (unpaired) electrons. The van der Waals surface area contributed by atoms with E-state index in [0.717, 1.165) is 9.13 Å². The van der Waals surface area contributed by atoms with E-state index in [2.05, 4.69) is 33.1 Å². The molecule has 2 aromatic rings. The number of nitrogens with one attached hydrogen (secondary N) is 1. The molecular weight excluding hydrogens is 463 g/mol. The van der Waals surface area contributed by atoms with Gasteiger partial charge in [0.05, 0.1) is 37.7 Å². The van der Waals surface area contributed by atoms with Gasteiger partial charge in [0.2, 0.25) is 0 Å². The molecule has 0 aliphatic heterocycles. The topological polar surface area (TPSA) is 78.4 Å². The highest BCUT2D eigenvalue weighted by Gasteiger charge is 2.11. The molecule has 0 unspecified atom stereocenters. The summed E-state index contributed by atoms with van der Waals surface area (Å²) in [6.45, 7) is 2.45. The molecule has 0 fully saturated rings. The van der Waals surface area contributed by atoms with Crippen LogP contribution >= 0.6 is 22.6 Å². The Bertz CT molecular complexity index is 817. The van der Waals surface area contributed by atoms with Gasteiger partial charge in [-0.2, -0.15) is 5.10 Å². The minimum Gasteiger partial charge on any atom is -0.497 e. The van der Waals surface area contributed by atoms with Crippen molar-refractivity contribution >= 4 is 34.7 Å². The summed E-state index contributed by atoms with van der Waals surface area (Å²) in [4.78, 5) is 12.3. The molecule has 8 heteroatoms. The number of methoxy groups -OCH3 is 3. The second kappa shape index (κ2) is 10.0. The summed E-state index contributed by atoms with van der Waals surface area (Å²) in [5.74, 6) is 1.96. The predicted molar refractivity (Wildman–Crippen MR) is 111 cm³/mol. The van der Waals surface area contributed by atoms with Gasteiger partial charge in [-0.15, -0.1) is 0 Å². The van der Waals surface area contributed by atoms with Crippen molar-refractivity contribution in [2.45, 2.75) is 6.92 Å². The Kier molecular flexibility index (Phi) is 7.71. The molecule has 0 aliphatic rings. The summed E-state index contributed by atoms with van der Waals surface area (Å²) in [6, 6.07) is 8.58. The van der Waals surface area contributed by atoms with Crippen molar-refractivity contribution < 1.29 is 23.7 Å². The Labute approximate surface area is 171 Å². The van der Waals surface area contributed by atoms with E-state index < -0.39 is 0 Å². The SMILES string of the molecule is CCOc1c(I)cc(/C=N\NC(=O)c2cc(OC)cc(OC)c2)cc1OC. The van der Waals surface area contributed by atoms with Crippen molar-refractivity contribution in [3.63, 3.8) is 0 Å². The van der Waals surface area contributed by atoms with Crippen LogP contribution in [0, 0.1) is 3.57 Å². The average molecular weight is 484 g/mol. The number of rotatable bonds is 8. The van der Waals surface area contributed by atoms with Crippen molar-refractivity contribution in [1.82, 2.24) is 5.43 Å². The van der Waals surface area contributed by atoms with Gasteiger partial charge in [0, 0.05) is 11.6 Å². The molecule has 0 atom stereocenters. The molecule has 0 bridgehead atoms. The Morgan fingerprint density at radius 1 is 1.07 bits per heavy atom. The van der Waals surface area contributed by atoms with Crippen molar-refractivity contribution in [2.24, 2.45) is 5.10 Å². The van der Waals surface area contributed by atoms with Crippen molar-refractivity contribution in [2.75, 3.05) is 27.9 Å². The quantitative estimate of drug-likeness (QED) is 0.353. The Morgan fingerprint density at radius 3 is 2.30 bits per heavy atom. The standard InChI is InChI=1S/C19H21IN2O5/c1-5-27-18-16(20)6-12(7-17(18)26-4)11-21-22-19(23)13-8-14(24-2)10-15(9-13)25-3/h6-11H,5H2,1-4H3,(H,22,23)/b21-11-. The van der Waals surface area contributed by atoms with Gasteiger partial charge in [-0.1, -0.05) is 0 Å². The molecule has 7 nitrogen and oxygen atoms in total. The zero-order valence-corrected chi connectivity index (χ0v) is 17.7. The van der Waals surface area contributed by atoms with E-state index >= 15 is 0 Å². The number of carbonyl (C=O) groups is 1. The first-order valence-electron chi connectivity index (χ1n) is 8.09. The van der Waals surface area contributed by atoms with Crippen LogP contribution in [0.25, 0.3) is 0 Å². The smallest absolute Gasteiger partial charge is 0.271 e. The van der Waals surface area contributed by atoms with Crippen LogP contribution in [0.4, 0.5) is 0 Å². The molecule has 2 rings (SSSR count). The fourth-order valence-corrected chi connectivity index (χ4v) is 3.05. The van der Waals surface area contributed by atoms with Gasteiger partial charge >= 0.3 is 0 Å². The number of carbonyl (C=O) groups excluding carboxylic acids is 1. The third-order valence-electron chi connectivity index (χ3n) is 3.53. The van der Waals surface area contributed by atoms with Crippen LogP contribution < -0.4 is 24.4 Å². The van der Waals surface area contributed by atoms with E-state index in [1.807, 2.05) is 13.0 Å². The van der Waals surface area contributed by atoms with Crippen LogP contribution in [0.5, 0.6) is 23.0 Å². The average Bonchev–Trinajstić information content (AvgIpc) is 2.69. The lowest BCUT2D eigenvalue weighted by atomic mass is 10.2. The molecule has 0 heterocycles. The molecule has 144 valence electrons. The molecule has 0 aliphatic carbocycles. The number of benzene rings is 2. The van der Waals surface area contributed by atoms with Crippen LogP contribution in [-0.2, 0) is 0 Å². The molecule has 1 amide bonds. The summed E-state index contributed by atoms with van der Waals surface area (Å²) in [5, 5.41) is 4.02. The fraction of sp³-hybridized carbons (Fsp3) is 0.263. The number of hydrogen-bond acceptors (Lipinski definition) is 6. The van der Waals surface area contributed by atoms with E-state index in [-0.39, 0.29) is 5.91 Å². The highest BCUT2D eigenvalue weighted by molar-refractivity contribution is 14.1. The minimum absolute atomic E-state index is 0.377. The summed E-state index contributed by atoms with van der Waals surface area (Å²) in [6.07, 6.45) is 1.54. The number of amides is 1. The van der Waals surface area contributed by atoms with Crippen molar-refractivity contribution in [3.05, 3.63) is 45.0 Å². The van der Waals surface area contributed by atoms with Gasteiger partial charge in [0.1, 0.15) is 11.5 Å². The zero-order valence-electron chi connectivity index (χ0n) is 15.5. The summed E-state index contributed by atoms with van der Waals surface area (Å²) >= 11 is 2.17.